The maximum absolute atomic E-state index is 12.4. The number of likely N-dealkylation sites (tertiary alicyclic amines) is 1. The average Bonchev–Trinajstić information content (AvgIpc) is 3.06. The highest BCUT2D eigenvalue weighted by Gasteiger charge is 2.46. The fraction of sp³-hybridized carbons (Fsp3) is 0.375. The molecule has 1 aromatic rings. The minimum absolute atomic E-state index is 0.0491. The molecule has 5 heteroatoms. The van der Waals surface area contributed by atoms with Crippen molar-refractivity contribution in [1.29, 1.82) is 0 Å². The van der Waals surface area contributed by atoms with E-state index in [1.165, 1.54) is 4.90 Å². The number of fused-ring (bicyclic) bond motifs is 2. The van der Waals surface area contributed by atoms with Crippen molar-refractivity contribution in [3.8, 4) is 11.5 Å². The predicted molar refractivity (Wildman–Crippen MR) is 73.5 cm³/mol. The fourth-order valence-electron chi connectivity index (χ4n) is 3.25. The van der Waals surface area contributed by atoms with Crippen LogP contribution in [0.2, 0.25) is 0 Å². The number of hydrogen-bond donors (Lipinski definition) is 0. The molecule has 0 radical (unpaired) electrons. The number of hydrogen-bond acceptors (Lipinski definition) is 4. The van der Waals surface area contributed by atoms with Crippen LogP contribution in [-0.2, 0) is 16.1 Å². The zero-order valence-electron chi connectivity index (χ0n) is 11.5. The van der Waals surface area contributed by atoms with Crippen LogP contribution in [0, 0.1) is 11.8 Å². The Labute approximate surface area is 122 Å². The maximum atomic E-state index is 12.4. The third-order valence-electron chi connectivity index (χ3n) is 4.38. The van der Waals surface area contributed by atoms with Crippen molar-refractivity contribution >= 4 is 11.8 Å². The van der Waals surface area contributed by atoms with Crippen LogP contribution in [0.1, 0.15) is 18.4 Å². The molecule has 1 aromatic carbocycles. The number of carbonyl (C=O) groups is 2. The van der Waals surface area contributed by atoms with Crippen LogP contribution in [0.3, 0.4) is 0 Å². The molecule has 0 aromatic heterocycles. The summed E-state index contributed by atoms with van der Waals surface area (Å²) in [4.78, 5) is 26.2. The van der Waals surface area contributed by atoms with Crippen LogP contribution < -0.4 is 9.47 Å². The highest BCUT2D eigenvalue weighted by atomic mass is 16.7. The number of amides is 2. The summed E-state index contributed by atoms with van der Waals surface area (Å²) in [5.74, 6) is 0.938. The highest BCUT2D eigenvalue weighted by Crippen LogP contribution is 2.37. The van der Waals surface area contributed by atoms with Gasteiger partial charge in [-0.25, -0.2) is 0 Å². The molecule has 1 fully saturated rings. The minimum atomic E-state index is -0.170. The molecular weight excluding hydrogens is 270 g/mol. The normalized spacial score (nSPS) is 26.4. The molecule has 21 heavy (non-hydrogen) atoms. The SMILES string of the molecule is O=C1C2CC=CCC2C(=O)N1Cc1ccc2c(c1)OCO2. The van der Waals surface area contributed by atoms with E-state index in [0.29, 0.717) is 30.9 Å². The van der Waals surface area contributed by atoms with Gasteiger partial charge in [0.15, 0.2) is 11.5 Å². The van der Waals surface area contributed by atoms with Crippen LogP contribution in [0.4, 0.5) is 0 Å². The molecule has 2 unspecified atom stereocenters. The Morgan fingerprint density at radius 3 is 2.38 bits per heavy atom. The first-order valence-corrected chi connectivity index (χ1v) is 7.13. The van der Waals surface area contributed by atoms with Crippen molar-refractivity contribution < 1.29 is 19.1 Å². The molecule has 2 atom stereocenters. The van der Waals surface area contributed by atoms with E-state index in [-0.39, 0.29) is 30.4 Å². The molecule has 0 bridgehead atoms. The molecule has 2 heterocycles. The number of ether oxygens (including phenoxy) is 2. The molecule has 2 amide bonds. The molecule has 5 nitrogen and oxygen atoms in total. The zero-order chi connectivity index (χ0) is 14.4. The molecule has 1 aliphatic carbocycles. The van der Waals surface area contributed by atoms with Gasteiger partial charge in [-0.15, -0.1) is 0 Å². The van der Waals surface area contributed by atoms with E-state index >= 15 is 0 Å². The van der Waals surface area contributed by atoms with Crippen LogP contribution >= 0.6 is 0 Å². The van der Waals surface area contributed by atoms with Gasteiger partial charge in [0.25, 0.3) is 0 Å². The summed E-state index contributed by atoms with van der Waals surface area (Å²) in [5.41, 5.74) is 0.882. The van der Waals surface area contributed by atoms with Crippen molar-refractivity contribution in [2.75, 3.05) is 6.79 Å². The first-order valence-electron chi connectivity index (χ1n) is 7.13. The van der Waals surface area contributed by atoms with Gasteiger partial charge in [0.1, 0.15) is 0 Å². The van der Waals surface area contributed by atoms with Crippen molar-refractivity contribution in [3.05, 3.63) is 35.9 Å². The molecule has 1 saturated heterocycles. The lowest BCUT2D eigenvalue weighted by atomic mass is 9.85. The fourth-order valence-corrected chi connectivity index (χ4v) is 3.25. The van der Waals surface area contributed by atoms with E-state index in [4.69, 9.17) is 9.47 Å². The lowest BCUT2D eigenvalue weighted by Crippen LogP contribution is -2.30. The van der Waals surface area contributed by atoms with E-state index in [9.17, 15) is 9.59 Å². The minimum Gasteiger partial charge on any atom is -0.454 e. The Morgan fingerprint density at radius 2 is 1.67 bits per heavy atom. The second-order valence-electron chi connectivity index (χ2n) is 5.61. The summed E-state index contributed by atoms with van der Waals surface area (Å²) < 4.78 is 10.6. The summed E-state index contributed by atoms with van der Waals surface area (Å²) in [6.45, 7) is 0.525. The number of benzene rings is 1. The molecule has 4 rings (SSSR count). The Bertz CT molecular complexity index is 626. The monoisotopic (exact) mass is 285 g/mol. The first-order chi connectivity index (χ1) is 10.2. The molecule has 2 aliphatic heterocycles. The third kappa shape index (κ3) is 1.92. The molecule has 108 valence electrons. The topological polar surface area (TPSA) is 55.8 Å². The van der Waals surface area contributed by atoms with E-state index in [1.54, 1.807) is 0 Å². The number of allylic oxidation sites excluding steroid dienone is 2. The van der Waals surface area contributed by atoms with Crippen molar-refractivity contribution in [2.24, 2.45) is 11.8 Å². The van der Waals surface area contributed by atoms with Crippen LogP contribution in [0.5, 0.6) is 11.5 Å². The number of rotatable bonds is 2. The highest BCUT2D eigenvalue weighted by molar-refractivity contribution is 6.05. The largest absolute Gasteiger partial charge is 0.454 e. The zero-order valence-corrected chi connectivity index (χ0v) is 11.5. The number of carbonyl (C=O) groups excluding carboxylic acids is 2. The van der Waals surface area contributed by atoms with Crippen LogP contribution in [-0.4, -0.2) is 23.5 Å². The number of nitrogens with zero attached hydrogens (tertiary/aromatic N) is 1. The van der Waals surface area contributed by atoms with Crippen molar-refractivity contribution in [2.45, 2.75) is 19.4 Å². The molecule has 0 N–H and O–H groups in total. The average molecular weight is 285 g/mol. The second kappa shape index (κ2) is 4.62. The van der Waals surface area contributed by atoms with Crippen molar-refractivity contribution in [3.63, 3.8) is 0 Å². The van der Waals surface area contributed by atoms with Crippen molar-refractivity contribution in [1.82, 2.24) is 4.90 Å². The quantitative estimate of drug-likeness (QED) is 0.615. The lowest BCUT2D eigenvalue weighted by molar-refractivity contribution is -0.140. The molecular formula is C16H15NO4. The molecule has 3 aliphatic rings. The van der Waals surface area contributed by atoms with Gasteiger partial charge in [-0.2, -0.15) is 0 Å². The maximum Gasteiger partial charge on any atom is 0.233 e. The van der Waals surface area contributed by atoms with E-state index in [1.807, 2.05) is 30.4 Å². The molecule has 0 saturated carbocycles. The summed E-state index contributed by atoms with van der Waals surface area (Å²) in [6, 6.07) is 5.52. The standard InChI is InChI=1S/C16H15NO4/c18-15-11-3-1-2-4-12(11)16(19)17(15)8-10-5-6-13-14(7-10)21-9-20-13/h1-2,5-7,11-12H,3-4,8-9H2. The van der Waals surface area contributed by atoms with Gasteiger partial charge in [0.2, 0.25) is 18.6 Å². The van der Waals surface area contributed by atoms with Gasteiger partial charge in [-0.05, 0) is 30.5 Å². The first kappa shape index (κ1) is 12.4. The van der Waals surface area contributed by atoms with E-state index in [0.717, 1.165) is 5.56 Å². The summed E-state index contributed by atoms with van der Waals surface area (Å²) in [6.07, 6.45) is 5.34. The van der Waals surface area contributed by atoms with Gasteiger partial charge in [-0.3, -0.25) is 14.5 Å². The van der Waals surface area contributed by atoms with E-state index in [2.05, 4.69) is 0 Å². The Balaban J connectivity index is 1.57. The van der Waals surface area contributed by atoms with E-state index < -0.39 is 0 Å². The smallest absolute Gasteiger partial charge is 0.233 e. The van der Waals surface area contributed by atoms with Gasteiger partial charge >= 0.3 is 0 Å². The Morgan fingerprint density at radius 1 is 1.00 bits per heavy atom. The van der Waals surface area contributed by atoms with Gasteiger partial charge in [0, 0.05) is 0 Å². The predicted octanol–water partition coefficient (Wildman–Crippen LogP) is 1.87. The summed E-state index contributed by atoms with van der Waals surface area (Å²) in [7, 11) is 0. The summed E-state index contributed by atoms with van der Waals surface area (Å²) >= 11 is 0. The number of imide groups is 1. The summed E-state index contributed by atoms with van der Waals surface area (Å²) in [5, 5.41) is 0. The lowest BCUT2D eigenvalue weighted by Gasteiger charge is -2.15. The third-order valence-corrected chi connectivity index (χ3v) is 4.38. The second-order valence-corrected chi connectivity index (χ2v) is 5.61. The van der Waals surface area contributed by atoms with Gasteiger partial charge < -0.3 is 9.47 Å². The molecule has 0 spiro atoms. The Hall–Kier alpha value is -2.30. The van der Waals surface area contributed by atoms with Crippen LogP contribution in [0.25, 0.3) is 0 Å². The van der Waals surface area contributed by atoms with Gasteiger partial charge in [0.05, 0.1) is 18.4 Å². The van der Waals surface area contributed by atoms with Crippen LogP contribution in [0.15, 0.2) is 30.4 Å². The Kier molecular flexibility index (Phi) is 2.74. The van der Waals surface area contributed by atoms with Gasteiger partial charge in [-0.1, -0.05) is 18.2 Å².